The molecule has 2 N–H and O–H groups in total. The fraction of sp³-hybridized carbons (Fsp3) is 0.500. The molecule has 7 nitrogen and oxygen atoms in total. The Hall–Kier alpha value is -2.41. The molecule has 0 spiro atoms. The summed E-state index contributed by atoms with van der Waals surface area (Å²) in [6.07, 6.45) is 0.0780. The minimum atomic E-state index is -0.579. The third-order valence-corrected chi connectivity index (χ3v) is 4.66. The first-order valence-corrected chi connectivity index (χ1v) is 8.78. The third kappa shape index (κ3) is 4.36. The number of aliphatic imine (C=N–C) groups is 1. The maximum Gasteiger partial charge on any atom is 0.271 e. The Balaban J connectivity index is 1.50. The Morgan fingerprint density at radius 2 is 1.92 bits per heavy atom. The normalized spacial score (nSPS) is 21.0. The summed E-state index contributed by atoms with van der Waals surface area (Å²) in [7, 11) is 0. The highest BCUT2D eigenvalue weighted by Gasteiger charge is 2.32. The van der Waals surface area contributed by atoms with Crippen molar-refractivity contribution in [2.24, 2.45) is 4.99 Å². The molecule has 7 heteroatoms. The van der Waals surface area contributed by atoms with Gasteiger partial charge in [-0.05, 0) is 25.6 Å². The molecule has 1 aromatic carbocycles. The van der Waals surface area contributed by atoms with Gasteiger partial charge in [0.25, 0.3) is 5.91 Å². The molecule has 134 valence electrons. The van der Waals surface area contributed by atoms with Gasteiger partial charge >= 0.3 is 0 Å². The summed E-state index contributed by atoms with van der Waals surface area (Å²) >= 11 is 0. The molecule has 1 aromatic rings. The molecule has 1 saturated heterocycles. The number of piperazine rings is 1. The summed E-state index contributed by atoms with van der Waals surface area (Å²) in [4.78, 5) is 32.9. The summed E-state index contributed by atoms with van der Waals surface area (Å²) in [5.41, 5.74) is 1.87. The highest BCUT2D eigenvalue weighted by atomic mass is 16.2. The number of nitrogens with one attached hydrogen (secondary N) is 2. The van der Waals surface area contributed by atoms with E-state index in [0.29, 0.717) is 5.96 Å². The van der Waals surface area contributed by atoms with Gasteiger partial charge in [0.2, 0.25) is 11.9 Å². The number of carbonyl (C=O) groups is 2. The van der Waals surface area contributed by atoms with E-state index in [2.05, 4.69) is 32.3 Å². The highest BCUT2D eigenvalue weighted by Crippen LogP contribution is 2.12. The molecule has 0 bridgehead atoms. The number of likely N-dealkylation sites (N-methyl/N-ethyl adjacent to an activating group) is 1. The average molecular weight is 343 g/mol. The summed E-state index contributed by atoms with van der Waals surface area (Å²) in [6, 6.07) is 7.00. The number of benzene rings is 1. The lowest BCUT2D eigenvalue weighted by Crippen LogP contribution is -2.52. The number of aryl methyl sites for hydroxylation is 1. The lowest BCUT2D eigenvalue weighted by Gasteiger charge is -2.35. The molecule has 1 fully saturated rings. The van der Waals surface area contributed by atoms with E-state index < -0.39 is 6.04 Å². The smallest absolute Gasteiger partial charge is 0.271 e. The largest absolute Gasteiger partial charge is 0.343 e. The van der Waals surface area contributed by atoms with Crippen molar-refractivity contribution < 1.29 is 9.59 Å². The monoisotopic (exact) mass is 343 g/mol. The number of anilines is 1. The first-order chi connectivity index (χ1) is 12.0. The molecule has 25 heavy (non-hydrogen) atoms. The van der Waals surface area contributed by atoms with Gasteiger partial charge in [-0.3, -0.25) is 9.59 Å². The number of nitrogens with zero attached hydrogens (tertiary/aromatic N) is 3. The Kier molecular flexibility index (Phi) is 5.33. The van der Waals surface area contributed by atoms with Crippen molar-refractivity contribution in [3.05, 3.63) is 29.8 Å². The van der Waals surface area contributed by atoms with E-state index >= 15 is 0 Å². The third-order valence-electron chi connectivity index (χ3n) is 4.66. The summed E-state index contributed by atoms with van der Waals surface area (Å²) < 4.78 is 0. The first kappa shape index (κ1) is 17.4. The van der Waals surface area contributed by atoms with E-state index in [1.807, 2.05) is 31.2 Å². The maximum absolute atomic E-state index is 12.2. The van der Waals surface area contributed by atoms with E-state index in [4.69, 9.17) is 0 Å². The highest BCUT2D eigenvalue weighted by molar-refractivity contribution is 6.05. The Morgan fingerprint density at radius 1 is 1.24 bits per heavy atom. The van der Waals surface area contributed by atoms with Crippen molar-refractivity contribution in [2.45, 2.75) is 26.3 Å². The molecule has 0 aromatic heterocycles. The standard InChI is InChI=1S/C18H25N5O2/c1-3-22-8-10-23(11-9-22)18-20-15(17(25)21-18)12-16(24)19-14-6-4-13(2)5-7-14/h4-7,15H,3,8-12H2,1-2H3,(H,19,24)(H,20,21,25). The number of rotatable bonds is 4. The van der Waals surface area contributed by atoms with E-state index in [0.717, 1.165) is 44.0 Å². The SMILES string of the molecule is CCN1CCN(C2=NC(=O)C(CC(=O)Nc3ccc(C)cc3)N2)CC1. The zero-order valence-corrected chi connectivity index (χ0v) is 14.8. The van der Waals surface area contributed by atoms with Crippen LogP contribution in [0.1, 0.15) is 18.9 Å². The predicted octanol–water partition coefficient (Wildman–Crippen LogP) is 0.816. The van der Waals surface area contributed by atoms with Gasteiger partial charge in [0, 0.05) is 31.9 Å². The summed E-state index contributed by atoms with van der Waals surface area (Å²) in [5.74, 6) is 0.142. The number of amides is 2. The number of hydrogen-bond donors (Lipinski definition) is 2. The molecule has 2 aliphatic rings. The molecule has 0 radical (unpaired) electrons. The van der Waals surface area contributed by atoms with Gasteiger partial charge in [-0.25, -0.2) is 0 Å². The van der Waals surface area contributed by atoms with Crippen LogP contribution in [0.25, 0.3) is 0 Å². The lowest BCUT2D eigenvalue weighted by atomic mass is 10.2. The van der Waals surface area contributed by atoms with Gasteiger partial charge in [-0.1, -0.05) is 24.6 Å². The lowest BCUT2D eigenvalue weighted by molar-refractivity contribution is -0.123. The Bertz CT molecular complexity index is 663. The van der Waals surface area contributed by atoms with Crippen molar-refractivity contribution >= 4 is 23.5 Å². The van der Waals surface area contributed by atoms with Crippen LogP contribution in [-0.4, -0.2) is 66.3 Å². The van der Waals surface area contributed by atoms with Crippen LogP contribution < -0.4 is 10.6 Å². The first-order valence-electron chi connectivity index (χ1n) is 8.78. The molecule has 1 unspecified atom stereocenters. The van der Waals surface area contributed by atoms with E-state index in [1.54, 1.807) is 0 Å². The molecule has 3 rings (SSSR count). The zero-order chi connectivity index (χ0) is 17.8. The zero-order valence-electron chi connectivity index (χ0n) is 14.8. The molecular weight excluding hydrogens is 318 g/mol. The van der Waals surface area contributed by atoms with Crippen LogP contribution in [0, 0.1) is 6.92 Å². The number of guanidine groups is 1. The van der Waals surface area contributed by atoms with Crippen LogP contribution in [0.5, 0.6) is 0 Å². The molecule has 2 aliphatic heterocycles. The van der Waals surface area contributed by atoms with Crippen LogP contribution in [0.3, 0.4) is 0 Å². The fourth-order valence-corrected chi connectivity index (χ4v) is 3.04. The molecule has 2 amide bonds. The number of carbonyl (C=O) groups excluding carboxylic acids is 2. The van der Waals surface area contributed by atoms with Gasteiger partial charge in [0.15, 0.2) is 0 Å². The van der Waals surface area contributed by atoms with Crippen molar-refractivity contribution in [1.82, 2.24) is 15.1 Å². The minimum Gasteiger partial charge on any atom is -0.343 e. The summed E-state index contributed by atoms with van der Waals surface area (Å²) in [6.45, 7) is 8.78. The van der Waals surface area contributed by atoms with Gasteiger partial charge in [0.1, 0.15) is 6.04 Å². The molecule has 2 heterocycles. The van der Waals surface area contributed by atoms with Gasteiger partial charge in [-0.2, -0.15) is 4.99 Å². The quantitative estimate of drug-likeness (QED) is 0.846. The van der Waals surface area contributed by atoms with Gasteiger partial charge < -0.3 is 20.4 Å². The van der Waals surface area contributed by atoms with Crippen LogP contribution in [-0.2, 0) is 9.59 Å². The van der Waals surface area contributed by atoms with Gasteiger partial charge in [0.05, 0.1) is 6.42 Å². The second-order valence-electron chi connectivity index (χ2n) is 6.51. The predicted molar refractivity (Wildman–Crippen MR) is 97.5 cm³/mol. The Morgan fingerprint density at radius 3 is 2.56 bits per heavy atom. The van der Waals surface area contributed by atoms with E-state index in [9.17, 15) is 9.59 Å². The van der Waals surface area contributed by atoms with E-state index in [-0.39, 0.29) is 18.2 Å². The van der Waals surface area contributed by atoms with Crippen LogP contribution in [0.15, 0.2) is 29.3 Å². The fourth-order valence-electron chi connectivity index (χ4n) is 3.04. The topological polar surface area (TPSA) is 77.0 Å². The van der Waals surface area contributed by atoms with Crippen molar-refractivity contribution in [3.63, 3.8) is 0 Å². The average Bonchev–Trinajstić information content (AvgIpc) is 2.97. The van der Waals surface area contributed by atoms with Crippen LogP contribution in [0.4, 0.5) is 5.69 Å². The Labute approximate surface area is 148 Å². The molecule has 0 saturated carbocycles. The van der Waals surface area contributed by atoms with Gasteiger partial charge in [-0.15, -0.1) is 0 Å². The van der Waals surface area contributed by atoms with E-state index in [1.165, 1.54) is 0 Å². The number of hydrogen-bond acceptors (Lipinski definition) is 5. The maximum atomic E-state index is 12.2. The second kappa shape index (κ2) is 7.65. The summed E-state index contributed by atoms with van der Waals surface area (Å²) in [5, 5.41) is 5.94. The molecule has 1 atom stereocenters. The van der Waals surface area contributed by atoms with Crippen LogP contribution >= 0.6 is 0 Å². The molecule has 0 aliphatic carbocycles. The van der Waals surface area contributed by atoms with Crippen LogP contribution in [0.2, 0.25) is 0 Å². The second-order valence-corrected chi connectivity index (χ2v) is 6.51. The molecular formula is C18H25N5O2. The van der Waals surface area contributed by atoms with Crippen molar-refractivity contribution in [2.75, 3.05) is 38.0 Å². The van der Waals surface area contributed by atoms with Crippen molar-refractivity contribution in [3.8, 4) is 0 Å². The minimum absolute atomic E-state index is 0.0780. The van der Waals surface area contributed by atoms with Crippen molar-refractivity contribution in [1.29, 1.82) is 0 Å².